The predicted octanol–water partition coefficient (Wildman–Crippen LogP) is 2.88. The Hall–Kier alpha value is -1.28. The summed E-state index contributed by atoms with van der Waals surface area (Å²) in [6.45, 7) is 4.01. The minimum absolute atomic E-state index is 0.0915. The summed E-state index contributed by atoms with van der Waals surface area (Å²) < 4.78 is 0. The minimum Gasteiger partial charge on any atom is -0.321 e. The Labute approximate surface area is 92.9 Å². The molecular formula is C12H12ClNO. The number of fused-ring (bicyclic) bond motifs is 1. The van der Waals surface area contributed by atoms with Gasteiger partial charge in [-0.1, -0.05) is 12.1 Å². The molecule has 15 heavy (non-hydrogen) atoms. The maximum Gasteiger partial charge on any atom is 0.252 e. The Morgan fingerprint density at radius 3 is 2.60 bits per heavy atom. The maximum atomic E-state index is 11.6. The first-order chi connectivity index (χ1) is 7.13. The monoisotopic (exact) mass is 221 g/mol. The van der Waals surface area contributed by atoms with Crippen molar-refractivity contribution < 1.29 is 0 Å². The summed E-state index contributed by atoms with van der Waals surface area (Å²) in [5.74, 6) is 0.249. The smallest absolute Gasteiger partial charge is 0.252 e. The van der Waals surface area contributed by atoms with E-state index in [-0.39, 0.29) is 11.4 Å². The van der Waals surface area contributed by atoms with Gasteiger partial charge in [-0.15, -0.1) is 11.6 Å². The van der Waals surface area contributed by atoms with Crippen molar-refractivity contribution >= 4 is 22.5 Å². The van der Waals surface area contributed by atoms with E-state index in [1.807, 2.05) is 32.0 Å². The van der Waals surface area contributed by atoms with Crippen molar-refractivity contribution in [3.05, 3.63) is 45.2 Å². The molecule has 0 saturated carbocycles. The van der Waals surface area contributed by atoms with Gasteiger partial charge in [0.1, 0.15) is 0 Å². The molecule has 2 nitrogen and oxygen atoms in total. The van der Waals surface area contributed by atoms with E-state index >= 15 is 0 Å². The van der Waals surface area contributed by atoms with Gasteiger partial charge in [0.15, 0.2) is 0 Å². The van der Waals surface area contributed by atoms with Crippen molar-refractivity contribution in [1.82, 2.24) is 4.98 Å². The largest absolute Gasteiger partial charge is 0.321 e. The van der Waals surface area contributed by atoms with Gasteiger partial charge in [-0.3, -0.25) is 4.79 Å². The molecule has 1 aromatic heterocycles. The van der Waals surface area contributed by atoms with E-state index < -0.39 is 0 Å². The van der Waals surface area contributed by atoms with Crippen molar-refractivity contribution in [3.8, 4) is 0 Å². The van der Waals surface area contributed by atoms with Gasteiger partial charge < -0.3 is 4.98 Å². The molecule has 0 aliphatic carbocycles. The standard InChI is InChI=1S/C12H12ClNO/c1-7-3-4-8(2)11-10(7)5-9(6-13)12(15)14-11/h3-5H,6H2,1-2H3,(H,14,15). The Morgan fingerprint density at radius 2 is 1.93 bits per heavy atom. The molecule has 0 bridgehead atoms. The number of hydrogen-bond acceptors (Lipinski definition) is 1. The molecule has 1 heterocycles. The summed E-state index contributed by atoms with van der Waals surface area (Å²) in [4.78, 5) is 14.5. The molecule has 0 atom stereocenters. The van der Waals surface area contributed by atoms with Gasteiger partial charge in [-0.2, -0.15) is 0 Å². The second-order valence-electron chi connectivity index (χ2n) is 3.75. The summed E-state index contributed by atoms with van der Waals surface area (Å²) in [6, 6.07) is 5.94. The van der Waals surface area contributed by atoms with Crippen LogP contribution in [0.25, 0.3) is 10.9 Å². The lowest BCUT2D eigenvalue weighted by atomic mass is 10.0. The number of benzene rings is 1. The van der Waals surface area contributed by atoms with E-state index in [0.717, 1.165) is 22.0 Å². The van der Waals surface area contributed by atoms with Gasteiger partial charge in [-0.05, 0) is 31.0 Å². The van der Waals surface area contributed by atoms with Crippen molar-refractivity contribution in [1.29, 1.82) is 0 Å². The van der Waals surface area contributed by atoms with Crippen LogP contribution in [0.2, 0.25) is 0 Å². The fourth-order valence-electron chi connectivity index (χ4n) is 1.72. The fourth-order valence-corrected chi connectivity index (χ4v) is 1.92. The summed E-state index contributed by atoms with van der Waals surface area (Å²) >= 11 is 5.70. The van der Waals surface area contributed by atoms with Gasteiger partial charge >= 0.3 is 0 Å². The second kappa shape index (κ2) is 3.70. The van der Waals surface area contributed by atoms with Crippen LogP contribution in [0.4, 0.5) is 0 Å². The van der Waals surface area contributed by atoms with Crippen LogP contribution in [0.1, 0.15) is 16.7 Å². The van der Waals surface area contributed by atoms with Crippen LogP contribution in [0, 0.1) is 13.8 Å². The zero-order chi connectivity index (χ0) is 11.0. The van der Waals surface area contributed by atoms with Crippen molar-refractivity contribution in [2.45, 2.75) is 19.7 Å². The average molecular weight is 222 g/mol. The average Bonchev–Trinajstić information content (AvgIpc) is 2.23. The number of aromatic amines is 1. The van der Waals surface area contributed by atoms with E-state index in [0.29, 0.717) is 5.56 Å². The Kier molecular flexibility index (Phi) is 2.53. The highest BCUT2D eigenvalue weighted by molar-refractivity contribution is 6.17. The van der Waals surface area contributed by atoms with Crippen LogP contribution >= 0.6 is 11.6 Å². The van der Waals surface area contributed by atoms with Crippen LogP contribution < -0.4 is 5.56 Å². The van der Waals surface area contributed by atoms with Gasteiger partial charge in [0, 0.05) is 10.9 Å². The van der Waals surface area contributed by atoms with Crippen LogP contribution in [-0.4, -0.2) is 4.98 Å². The fraction of sp³-hybridized carbons (Fsp3) is 0.250. The van der Waals surface area contributed by atoms with E-state index in [1.54, 1.807) is 0 Å². The number of halogens is 1. The Bertz CT molecular complexity index is 572. The van der Waals surface area contributed by atoms with E-state index in [1.165, 1.54) is 0 Å². The zero-order valence-corrected chi connectivity index (χ0v) is 9.48. The van der Waals surface area contributed by atoms with Crippen LogP contribution in [0.5, 0.6) is 0 Å². The Morgan fingerprint density at radius 1 is 1.27 bits per heavy atom. The first-order valence-corrected chi connectivity index (χ1v) is 5.35. The molecule has 0 aliphatic heterocycles. The SMILES string of the molecule is Cc1ccc(C)c2[nH]c(=O)c(CCl)cc12. The first-order valence-electron chi connectivity index (χ1n) is 4.81. The molecule has 78 valence electrons. The second-order valence-corrected chi connectivity index (χ2v) is 4.01. The summed E-state index contributed by atoms with van der Waals surface area (Å²) in [5.41, 5.74) is 3.67. The lowest BCUT2D eigenvalue weighted by Crippen LogP contribution is -2.11. The normalized spacial score (nSPS) is 10.9. The first kappa shape index (κ1) is 10.2. The molecule has 1 N–H and O–H groups in total. The number of pyridine rings is 1. The highest BCUT2D eigenvalue weighted by Gasteiger charge is 2.05. The van der Waals surface area contributed by atoms with Crippen molar-refractivity contribution in [2.24, 2.45) is 0 Å². The van der Waals surface area contributed by atoms with Gasteiger partial charge in [-0.25, -0.2) is 0 Å². The lowest BCUT2D eigenvalue weighted by Gasteiger charge is -2.06. The molecule has 0 aliphatic rings. The highest BCUT2D eigenvalue weighted by atomic mass is 35.5. The van der Waals surface area contributed by atoms with E-state index in [2.05, 4.69) is 4.98 Å². The number of nitrogens with one attached hydrogen (secondary N) is 1. The number of H-pyrrole nitrogens is 1. The van der Waals surface area contributed by atoms with Gasteiger partial charge in [0.25, 0.3) is 5.56 Å². The molecular weight excluding hydrogens is 210 g/mol. The molecule has 0 amide bonds. The summed E-state index contributed by atoms with van der Waals surface area (Å²) in [6.07, 6.45) is 0. The molecule has 0 fully saturated rings. The molecule has 0 unspecified atom stereocenters. The van der Waals surface area contributed by atoms with Crippen LogP contribution in [0.15, 0.2) is 23.0 Å². The maximum absolute atomic E-state index is 11.6. The number of aryl methyl sites for hydroxylation is 2. The number of rotatable bonds is 1. The molecule has 2 aromatic rings. The number of aromatic nitrogens is 1. The molecule has 0 spiro atoms. The minimum atomic E-state index is -0.0915. The van der Waals surface area contributed by atoms with E-state index in [4.69, 9.17) is 11.6 Å². The summed E-state index contributed by atoms with van der Waals surface area (Å²) in [7, 11) is 0. The zero-order valence-electron chi connectivity index (χ0n) is 8.73. The van der Waals surface area contributed by atoms with Crippen LogP contribution in [0.3, 0.4) is 0 Å². The molecule has 3 heteroatoms. The molecule has 0 saturated heterocycles. The predicted molar refractivity (Wildman–Crippen MR) is 63.6 cm³/mol. The van der Waals surface area contributed by atoms with Crippen LogP contribution in [-0.2, 0) is 5.88 Å². The van der Waals surface area contributed by atoms with Crippen molar-refractivity contribution in [3.63, 3.8) is 0 Å². The molecule has 1 aromatic carbocycles. The van der Waals surface area contributed by atoms with Crippen molar-refractivity contribution in [2.75, 3.05) is 0 Å². The number of hydrogen-bond donors (Lipinski definition) is 1. The molecule has 0 radical (unpaired) electrons. The van der Waals surface area contributed by atoms with Gasteiger partial charge in [0.05, 0.1) is 11.4 Å². The third kappa shape index (κ3) is 1.65. The highest BCUT2D eigenvalue weighted by Crippen LogP contribution is 2.19. The Balaban J connectivity index is 2.92. The quantitative estimate of drug-likeness (QED) is 0.738. The molecule has 2 rings (SSSR count). The third-order valence-corrected chi connectivity index (χ3v) is 2.95. The lowest BCUT2D eigenvalue weighted by molar-refractivity contribution is 1.20. The van der Waals surface area contributed by atoms with Gasteiger partial charge in [0.2, 0.25) is 0 Å². The summed E-state index contributed by atoms with van der Waals surface area (Å²) in [5, 5.41) is 1.07. The third-order valence-electron chi connectivity index (χ3n) is 2.66. The topological polar surface area (TPSA) is 32.9 Å². The number of alkyl halides is 1. The van der Waals surface area contributed by atoms with E-state index in [9.17, 15) is 4.79 Å².